The van der Waals surface area contributed by atoms with Crippen molar-refractivity contribution in [1.82, 2.24) is 0 Å². The fourth-order valence-corrected chi connectivity index (χ4v) is 3.04. The van der Waals surface area contributed by atoms with E-state index < -0.39 is 32.2 Å². The van der Waals surface area contributed by atoms with Gasteiger partial charge in [-0.3, -0.25) is 4.79 Å². The van der Waals surface area contributed by atoms with Gasteiger partial charge in [-0.25, -0.2) is 8.42 Å². The third-order valence-corrected chi connectivity index (χ3v) is 5.14. The van der Waals surface area contributed by atoms with Gasteiger partial charge in [0.2, 0.25) is 9.84 Å². The molecule has 0 heterocycles. The minimum atomic E-state index is -4.70. The number of alkyl halides is 4. The number of thioether (sulfide) groups is 1. The Balaban J connectivity index is 2.08. The number of hydrogen-bond donors (Lipinski definition) is 1. The van der Waals surface area contributed by atoms with Gasteiger partial charge in [-0.2, -0.15) is 17.6 Å². The minimum Gasteiger partial charge on any atom is -0.322 e. The molecule has 0 spiro atoms. The van der Waals surface area contributed by atoms with E-state index in [9.17, 15) is 30.8 Å². The van der Waals surface area contributed by atoms with Crippen molar-refractivity contribution in [1.29, 1.82) is 0 Å². The molecule has 0 saturated heterocycles. The molecular weight excluding hydrogens is 382 g/mol. The summed E-state index contributed by atoms with van der Waals surface area (Å²) in [7, 11) is -4.70. The summed E-state index contributed by atoms with van der Waals surface area (Å²) in [5.41, 5.74) is 0.396. The Kier molecular flexibility index (Phi) is 6.07. The van der Waals surface area contributed by atoms with E-state index in [1.807, 2.05) is 0 Å². The predicted octanol–water partition coefficient (Wildman–Crippen LogP) is 4.25. The largest absolute Gasteiger partial charge is 0.341 e. The van der Waals surface area contributed by atoms with E-state index in [1.54, 1.807) is 0 Å². The van der Waals surface area contributed by atoms with Gasteiger partial charge < -0.3 is 5.32 Å². The summed E-state index contributed by atoms with van der Waals surface area (Å²) in [4.78, 5) is 11.8. The van der Waals surface area contributed by atoms with Gasteiger partial charge in [-0.1, -0.05) is 11.8 Å². The molecule has 2 aromatic carbocycles. The number of hydrogen-bond acceptors (Lipinski definition) is 4. The van der Waals surface area contributed by atoms with Crippen molar-refractivity contribution in [2.24, 2.45) is 0 Å². The van der Waals surface area contributed by atoms with Crippen LogP contribution in [-0.2, 0) is 9.84 Å². The average molecular weight is 393 g/mol. The number of amides is 1. The van der Waals surface area contributed by atoms with Crippen molar-refractivity contribution in [3.8, 4) is 0 Å². The number of sulfone groups is 1. The molecule has 2 aromatic rings. The molecule has 1 amide bonds. The highest BCUT2D eigenvalue weighted by Crippen LogP contribution is 2.25. The lowest BCUT2D eigenvalue weighted by Crippen LogP contribution is -2.13. The van der Waals surface area contributed by atoms with Crippen LogP contribution in [0.1, 0.15) is 10.4 Å². The lowest BCUT2D eigenvalue weighted by Gasteiger charge is -2.08. The first-order valence-electron chi connectivity index (χ1n) is 6.68. The van der Waals surface area contributed by atoms with Crippen molar-refractivity contribution in [2.75, 3.05) is 5.32 Å². The number of benzene rings is 2. The molecule has 0 aromatic heterocycles. The molecule has 0 unspecified atom stereocenters. The van der Waals surface area contributed by atoms with Gasteiger partial charge >= 0.3 is 5.76 Å². The highest BCUT2D eigenvalue weighted by molar-refractivity contribution is 7.99. The molecule has 10 heteroatoms. The maximum Gasteiger partial charge on any atom is 0.341 e. The molecule has 134 valence electrons. The van der Waals surface area contributed by atoms with E-state index in [1.165, 1.54) is 36.4 Å². The standard InChI is InChI=1S/C15H11F4NO3S2/c16-14(17)24-11-5-1-9(2-6-11)13(21)20-10-3-7-12(8-4-10)25(22,23)15(18)19/h1-8,14-15H,(H,20,21). The fraction of sp³-hybridized carbons (Fsp3) is 0.133. The Morgan fingerprint density at radius 2 is 1.48 bits per heavy atom. The molecule has 0 fully saturated rings. The second kappa shape index (κ2) is 7.87. The summed E-state index contributed by atoms with van der Waals surface area (Å²) in [6, 6.07) is 9.71. The molecule has 0 bridgehead atoms. The second-order valence-electron chi connectivity index (χ2n) is 4.69. The van der Waals surface area contributed by atoms with Crippen molar-refractivity contribution in [3.05, 3.63) is 54.1 Å². The Morgan fingerprint density at radius 3 is 1.96 bits per heavy atom. The smallest absolute Gasteiger partial charge is 0.322 e. The van der Waals surface area contributed by atoms with Crippen molar-refractivity contribution in [3.63, 3.8) is 0 Å². The highest BCUT2D eigenvalue weighted by Gasteiger charge is 2.26. The average Bonchev–Trinajstić information content (AvgIpc) is 2.55. The SMILES string of the molecule is O=C(Nc1ccc(S(=O)(=O)C(F)F)cc1)c1ccc(SC(F)F)cc1. The Hall–Kier alpha value is -2.07. The maximum atomic E-state index is 12.4. The topological polar surface area (TPSA) is 63.2 Å². The van der Waals surface area contributed by atoms with Gasteiger partial charge in [0.25, 0.3) is 11.7 Å². The lowest BCUT2D eigenvalue weighted by molar-refractivity contribution is 0.102. The molecule has 25 heavy (non-hydrogen) atoms. The monoisotopic (exact) mass is 393 g/mol. The van der Waals surface area contributed by atoms with Crippen molar-refractivity contribution < 1.29 is 30.8 Å². The molecule has 4 nitrogen and oxygen atoms in total. The van der Waals surface area contributed by atoms with E-state index in [-0.39, 0.29) is 11.3 Å². The van der Waals surface area contributed by atoms with Crippen LogP contribution in [-0.4, -0.2) is 25.8 Å². The van der Waals surface area contributed by atoms with E-state index in [4.69, 9.17) is 0 Å². The number of carbonyl (C=O) groups is 1. The highest BCUT2D eigenvalue weighted by atomic mass is 32.2. The molecule has 1 N–H and O–H groups in total. The Bertz CT molecular complexity index is 838. The van der Waals surface area contributed by atoms with E-state index in [2.05, 4.69) is 5.32 Å². The molecular formula is C15H11F4NO3S2. The molecule has 2 rings (SSSR count). The van der Waals surface area contributed by atoms with Crippen LogP contribution in [0.25, 0.3) is 0 Å². The molecule has 0 saturated carbocycles. The quantitative estimate of drug-likeness (QED) is 0.589. The summed E-state index contributed by atoms with van der Waals surface area (Å²) in [6.07, 6.45) is 0. The number of carbonyl (C=O) groups excluding carboxylic acids is 1. The van der Waals surface area contributed by atoms with E-state index in [0.29, 0.717) is 16.7 Å². The zero-order valence-corrected chi connectivity index (χ0v) is 14.0. The van der Waals surface area contributed by atoms with Crippen LogP contribution in [0.2, 0.25) is 0 Å². The summed E-state index contributed by atoms with van der Waals surface area (Å²) < 4.78 is 71.9. The normalized spacial score (nSPS) is 11.8. The van der Waals surface area contributed by atoms with Crippen molar-refractivity contribution >= 4 is 33.2 Å². The summed E-state index contributed by atoms with van der Waals surface area (Å²) >= 11 is 0.346. The number of anilines is 1. The summed E-state index contributed by atoms with van der Waals surface area (Å²) in [6.45, 7) is 0. The van der Waals surface area contributed by atoms with Gasteiger partial charge in [0.05, 0.1) is 4.90 Å². The van der Waals surface area contributed by atoms with Gasteiger partial charge in [0.1, 0.15) is 0 Å². The first-order valence-corrected chi connectivity index (χ1v) is 9.11. The summed E-state index contributed by atoms with van der Waals surface area (Å²) in [5, 5.41) is 2.45. The number of rotatable bonds is 6. The Morgan fingerprint density at radius 1 is 0.920 bits per heavy atom. The van der Waals surface area contributed by atoms with Gasteiger partial charge in [0.15, 0.2) is 0 Å². The zero-order chi connectivity index (χ0) is 18.6. The lowest BCUT2D eigenvalue weighted by atomic mass is 10.2. The van der Waals surface area contributed by atoms with Crippen LogP contribution in [0.5, 0.6) is 0 Å². The summed E-state index contributed by atoms with van der Waals surface area (Å²) in [5.74, 6) is -6.65. The van der Waals surface area contributed by atoms with Gasteiger partial charge in [0, 0.05) is 16.1 Å². The number of halogens is 4. The second-order valence-corrected chi connectivity index (χ2v) is 7.67. The minimum absolute atomic E-state index is 0.197. The molecule has 0 aliphatic heterocycles. The number of nitrogens with one attached hydrogen (secondary N) is 1. The third-order valence-electron chi connectivity index (χ3n) is 3.02. The molecule has 0 radical (unpaired) electrons. The van der Waals surface area contributed by atoms with Crippen LogP contribution < -0.4 is 5.32 Å². The van der Waals surface area contributed by atoms with Gasteiger partial charge in [-0.05, 0) is 48.5 Å². The van der Waals surface area contributed by atoms with Crippen LogP contribution in [0.4, 0.5) is 23.2 Å². The first-order chi connectivity index (χ1) is 11.7. The van der Waals surface area contributed by atoms with Crippen LogP contribution >= 0.6 is 11.8 Å². The third kappa shape index (κ3) is 4.95. The van der Waals surface area contributed by atoms with Crippen LogP contribution in [0.15, 0.2) is 58.3 Å². The van der Waals surface area contributed by atoms with Crippen LogP contribution in [0, 0.1) is 0 Å². The first kappa shape index (κ1) is 19.3. The predicted molar refractivity (Wildman–Crippen MR) is 85.9 cm³/mol. The molecule has 0 atom stereocenters. The van der Waals surface area contributed by atoms with E-state index in [0.717, 1.165) is 12.1 Å². The fourth-order valence-electron chi connectivity index (χ4n) is 1.82. The van der Waals surface area contributed by atoms with E-state index >= 15 is 0 Å². The Labute approximate surface area is 145 Å². The van der Waals surface area contributed by atoms with Gasteiger partial charge in [-0.15, -0.1) is 0 Å². The van der Waals surface area contributed by atoms with Crippen LogP contribution in [0.3, 0.4) is 0 Å². The maximum absolute atomic E-state index is 12.4. The molecule has 0 aliphatic carbocycles. The molecule has 0 aliphatic rings. The van der Waals surface area contributed by atoms with Crippen molar-refractivity contribution in [2.45, 2.75) is 21.3 Å². The zero-order valence-electron chi connectivity index (χ0n) is 12.3.